The van der Waals surface area contributed by atoms with Gasteiger partial charge >= 0.3 is 0 Å². The summed E-state index contributed by atoms with van der Waals surface area (Å²) < 4.78 is 6.09. The van der Waals surface area contributed by atoms with Crippen LogP contribution in [0, 0.1) is 6.92 Å². The molecular weight excluding hydrogens is 346 g/mol. The van der Waals surface area contributed by atoms with Gasteiger partial charge < -0.3 is 9.73 Å². The Morgan fingerprint density at radius 1 is 1.04 bits per heavy atom. The van der Waals surface area contributed by atoms with Gasteiger partial charge in [-0.05, 0) is 50.1 Å². The molecule has 0 saturated heterocycles. The van der Waals surface area contributed by atoms with E-state index in [-0.39, 0.29) is 11.9 Å². The molecule has 0 unspecified atom stereocenters. The van der Waals surface area contributed by atoms with Crippen LogP contribution in [0.25, 0.3) is 22.1 Å². The van der Waals surface area contributed by atoms with E-state index in [1.165, 1.54) is 19.3 Å². The van der Waals surface area contributed by atoms with Gasteiger partial charge in [0.15, 0.2) is 5.76 Å². The summed E-state index contributed by atoms with van der Waals surface area (Å²) in [5, 5.41) is 5.65. The average Bonchev–Trinajstić information content (AvgIpc) is 3.02. The average molecular weight is 368 g/mol. The summed E-state index contributed by atoms with van der Waals surface area (Å²) in [6, 6.07) is 13.8. The van der Waals surface area contributed by atoms with Crippen LogP contribution in [0.1, 0.15) is 48.2 Å². The molecular formula is C22H22ClNO2. The Balaban J connectivity index is 1.75. The lowest BCUT2D eigenvalue weighted by Gasteiger charge is -2.22. The monoisotopic (exact) mass is 367 g/mol. The van der Waals surface area contributed by atoms with Gasteiger partial charge in [-0.3, -0.25) is 4.79 Å². The van der Waals surface area contributed by atoms with Crippen LogP contribution in [0.4, 0.5) is 0 Å². The molecule has 1 aliphatic rings. The predicted molar refractivity (Wildman–Crippen MR) is 106 cm³/mol. The van der Waals surface area contributed by atoms with E-state index in [1.54, 1.807) is 0 Å². The number of halogens is 1. The topological polar surface area (TPSA) is 42.2 Å². The Labute approximate surface area is 158 Å². The third-order valence-corrected chi connectivity index (χ3v) is 5.37. The zero-order chi connectivity index (χ0) is 18.1. The summed E-state index contributed by atoms with van der Waals surface area (Å²) in [5.74, 6) is 0.996. The largest absolute Gasteiger partial charge is 0.450 e. The number of benzene rings is 2. The lowest BCUT2D eigenvalue weighted by atomic mass is 9.95. The minimum atomic E-state index is -0.119. The van der Waals surface area contributed by atoms with Crippen molar-refractivity contribution in [1.82, 2.24) is 5.32 Å². The second-order valence-electron chi connectivity index (χ2n) is 7.12. The van der Waals surface area contributed by atoms with Crippen LogP contribution in [0.2, 0.25) is 5.02 Å². The molecule has 4 heteroatoms. The molecule has 1 aromatic heterocycles. The van der Waals surface area contributed by atoms with Crippen LogP contribution in [-0.4, -0.2) is 11.9 Å². The van der Waals surface area contributed by atoms with Gasteiger partial charge in [0.25, 0.3) is 5.91 Å². The zero-order valence-electron chi connectivity index (χ0n) is 14.8. The van der Waals surface area contributed by atoms with Gasteiger partial charge in [-0.15, -0.1) is 0 Å². The molecule has 0 atom stereocenters. The Morgan fingerprint density at radius 3 is 2.50 bits per heavy atom. The summed E-state index contributed by atoms with van der Waals surface area (Å²) in [4.78, 5) is 12.9. The fourth-order valence-corrected chi connectivity index (χ4v) is 3.86. The fraction of sp³-hybridized carbons (Fsp3) is 0.318. The number of furan rings is 1. The maximum absolute atomic E-state index is 12.9. The standard InChI is InChI=1S/C22H22ClNO2/c1-14-7-12-18-19(13-14)20(15-8-10-16(23)11-9-15)26-21(18)22(25)24-17-5-3-2-4-6-17/h7-13,17H,2-6H2,1H3,(H,24,25). The first kappa shape index (κ1) is 17.2. The third-order valence-electron chi connectivity index (χ3n) is 5.12. The minimum absolute atomic E-state index is 0.119. The summed E-state index contributed by atoms with van der Waals surface area (Å²) >= 11 is 6.01. The Hall–Kier alpha value is -2.26. The van der Waals surface area contributed by atoms with Gasteiger partial charge in [-0.1, -0.05) is 48.6 Å². The van der Waals surface area contributed by atoms with Crippen molar-refractivity contribution >= 4 is 28.3 Å². The maximum atomic E-state index is 12.9. The summed E-state index contributed by atoms with van der Waals surface area (Å²) in [5.41, 5.74) is 2.05. The first-order valence-corrected chi connectivity index (χ1v) is 9.59. The fourth-order valence-electron chi connectivity index (χ4n) is 3.74. The van der Waals surface area contributed by atoms with E-state index in [1.807, 2.05) is 43.3 Å². The molecule has 0 radical (unpaired) electrons. The Bertz CT molecular complexity index is 937. The molecule has 1 N–H and O–H groups in total. The summed E-state index contributed by atoms with van der Waals surface area (Å²) in [6.45, 7) is 2.04. The molecule has 3 aromatic rings. The van der Waals surface area contributed by atoms with Crippen molar-refractivity contribution in [3.63, 3.8) is 0 Å². The van der Waals surface area contributed by atoms with E-state index in [4.69, 9.17) is 16.0 Å². The number of amides is 1. The highest BCUT2D eigenvalue weighted by atomic mass is 35.5. The second kappa shape index (κ2) is 7.16. The molecule has 26 heavy (non-hydrogen) atoms. The van der Waals surface area contributed by atoms with Crippen LogP contribution in [0.3, 0.4) is 0 Å². The smallest absolute Gasteiger partial charge is 0.287 e. The predicted octanol–water partition coefficient (Wildman–Crippen LogP) is 6.12. The molecule has 3 nitrogen and oxygen atoms in total. The van der Waals surface area contributed by atoms with E-state index in [9.17, 15) is 4.79 Å². The number of hydrogen-bond donors (Lipinski definition) is 1. The first-order chi connectivity index (χ1) is 12.6. The van der Waals surface area contributed by atoms with E-state index >= 15 is 0 Å². The number of hydrogen-bond acceptors (Lipinski definition) is 2. The van der Waals surface area contributed by atoms with Gasteiger partial charge in [0, 0.05) is 27.4 Å². The molecule has 0 bridgehead atoms. The minimum Gasteiger partial charge on any atom is -0.450 e. The Kier molecular flexibility index (Phi) is 4.73. The lowest BCUT2D eigenvalue weighted by Crippen LogP contribution is -2.36. The molecule has 1 heterocycles. The molecule has 1 aliphatic carbocycles. The molecule has 0 aliphatic heterocycles. The van der Waals surface area contributed by atoms with Crippen LogP contribution < -0.4 is 5.32 Å². The summed E-state index contributed by atoms with van der Waals surface area (Å²) in [6.07, 6.45) is 5.72. The highest BCUT2D eigenvalue weighted by molar-refractivity contribution is 6.30. The third kappa shape index (κ3) is 3.36. The van der Waals surface area contributed by atoms with Gasteiger partial charge in [-0.2, -0.15) is 0 Å². The molecule has 0 spiro atoms. The number of carbonyl (C=O) groups excluding carboxylic acids is 1. The van der Waals surface area contributed by atoms with E-state index in [2.05, 4.69) is 11.4 Å². The second-order valence-corrected chi connectivity index (χ2v) is 7.56. The van der Waals surface area contributed by atoms with Crippen molar-refractivity contribution in [3.8, 4) is 11.3 Å². The lowest BCUT2D eigenvalue weighted by molar-refractivity contribution is 0.0902. The van der Waals surface area contributed by atoms with Crippen molar-refractivity contribution in [3.05, 3.63) is 58.8 Å². The van der Waals surface area contributed by atoms with Gasteiger partial charge in [-0.25, -0.2) is 0 Å². The van der Waals surface area contributed by atoms with Crippen molar-refractivity contribution < 1.29 is 9.21 Å². The molecule has 1 saturated carbocycles. The normalized spacial score (nSPS) is 15.3. The van der Waals surface area contributed by atoms with Gasteiger partial charge in [0.1, 0.15) is 5.76 Å². The molecule has 2 aromatic carbocycles. The number of aryl methyl sites for hydroxylation is 1. The zero-order valence-corrected chi connectivity index (χ0v) is 15.6. The van der Waals surface area contributed by atoms with Crippen molar-refractivity contribution in [1.29, 1.82) is 0 Å². The molecule has 4 rings (SSSR count). The van der Waals surface area contributed by atoms with E-state index in [0.29, 0.717) is 16.5 Å². The van der Waals surface area contributed by atoms with Crippen LogP contribution in [-0.2, 0) is 0 Å². The number of nitrogens with one attached hydrogen (secondary N) is 1. The molecule has 134 valence electrons. The Morgan fingerprint density at radius 2 is 1.77 bits per heavy atom. The summed E-state index contributed by atoms with van der Waals surface area (Å²) in [7, 11) is 0. The number of fused-ring (bicyclic) bond motifs is 1. The van der Waals surface area contributed by atoms with Crippen molar-refractivity contribution in [2.75, 3.05) is 0 Å². The van der Waals surface area contributed by atoms with Crippen LogP contribution >= 0.6 is 11.6 Å². The highest BCUT2D eigenvalue weighted by Crippen LogP contribution is 2.35. The molecule has 1 amide bonds. The van der Waals surface area contributed by atoms with E-state index in [0.717, 1.165) is 34.7 Å². The van der Waals surface area contributed by atoms with Crippen molar-refractivity contribution in [2.45, 2.75) is 45.1 Å². The van der Waals surface area contributed by atoms with Gasteiger partial charge in [0.05, 0.1) is 0 Å². The quantitative estimate of drug-likeness (QED) is 0.605. The van der Waals surface area contributed by atoms with Crippen molar-refractivity contribution in [2.24, 2.45) is 0 Å². The van der Waals surface area contributed by atoms with Crippen LogP contribution in [0.15, 0.2) is 46.9 Å². The first-order valence-electron chi connectivity index (χ1n) is 9.22. The maximum Gasteiger partial charge on any atom is 0.287 e. The number of rotatable bonds is 3. The highest BCUT2D eigenvalue weighted by Gasteiger charge is 2.23. The molecule has 1 fully saturated rings. The SMILES string of the molecule is Cc1ccc2c(C(=O)NC3CCCCC3)oc(-c3ccc(Cl)cc3)c2c1. The van der Waals surface area contributed by atoms with Crippen LogP contribution in [0.5, 0.6) is 0 Å². The number of carbonyl (C=O) groups is 1. The van der Waals surface area contributed by atoms with E-state index < -0.39 is 0 Å². The van der Waals surface area contributed by atoms with Gasteiger partial charge in [0.2, 0.25) is 0 Å².